The maximum absolute atomic E-state index is 12.8. The quantitative estimate of drug-likeness (QED) is 0.449. The molecule has 11 heteroatoms. The number of pyridine rings is 2. The number of benzene rings is 1. The zero-order valence-corrected chi connectivity index (χ0v) is 17.1. The van der Waals surface area contributed by atoms with Gasteiger partial charge in [0.15, 0.2) is 0 Å². The van der Waals surface area contributed by atoms with Crippen molar-refractivity contribution >= 4 is 33.7 Å². The van der Waals surface area contributed by atoms with E-state index in [2.05, 4.69) is 35.6 Å². The molecule has 0 saturated carbocycles. The van der Waals surface area contributed by atoms with Crippen LogP contribution in [-0.4, -0.2) is 48.1 Å². The second-order valence-corrected chi connectivity index (χ2v) is 6.83. The minimum Gasteiger partial charge on any atom is -0.481 e. The van der Waals surface area contributed by atoms with E-state index in [0.717, 1.165) is 15.8 Å². The van der Waals surface area contributed by atoms with Crippen LogP contribution in [0.25, 0.3) is 22.1 Å². The summed E-state index contributed by atoms with van der Waals surface area (Å²) in [6, 6.07) is 11.0. The molecular formula is C21H16N8O3. The van der Waals surface area contributed by atoms with Gasteiger partial charge >= 0.3 is 0 Å². The van der Waals surface area contributed by atoms with Crippen molar-refractivity contribution in [1.29, 1.82) is 0 Å². The number of nitrogens with one attached hydrogen (secondary N) is 1. The van der Waals surface area contributed by atoms with Crippen molar-refractivity contribution < 1.29 is 14.4 Å². The Balaban J connectivity index is 1.37. The molecule has 0 radical (unpaired) electrons. The van der Waals surface area contributed by atoms with Crippen LogP contribution in [0.15, 0.2) is 55.0 Å². The number of carbonyl (C=O) groups is 1. The van der Waals surface area contributed by atoms with E-state index in [1.165, 1.54) is 19.5 Å². The van der Waals surface area contributed by atoms with Crippen LogP contribution < -0.4 is 14.9 Å². The molecule has 0 atom stereocenters. The Labute approximate surface area is 181 Å². The van der Waals surface area contributed by atoms with Gasteiger partial charge in [0.1, 0.15) is 11.2 Å². The molecule has 0 aliphatic carbocycles. The molecule has 0 unspecified atom stereocenters. The van der Waals surface area contributed by atoms with Gasteiger partial charge in [-0.2, -0.15) is 0 Å². The van der Waals surface area contributed by atoms with E-state index in [-0.39, 0.29) is 11.6 Å². The van der Waals surface area contributed by atoms with Crippen molar-refractivity contribution in [1.82, 2.24) is 35.1 Å². The molecule has 158 valence electrons. The standard InChI is InChI=1S/C21H16N8O3/c1-12-8-13-5-6-17(31-2)26-19(13)15(9-12)25-21(30)16-10-24-18(11-23-16)32-29-20-14(27-28-29)4-3-7-22-20/h3-11H,1-2H3,(H,25,30). The molecule has 4 aromatic heterocycles. The second kappa shape index (κ2) is 7.87. The first-order valence-corrected chi connectivity index (χ1v) is 9.54. The van der Waals surface area contributed by atoms with Crippen LogP contribution in [0.4, 0.5) is 5.69 Å². The normalized spacial score (nSPS) is 10.9. The lowest BCUT2D eigenvalue weighted by Crippen LogP contribution is -2.15. The number of hydrogen-bond donors (Lipinski definition) is 1. The van der Waals surface area contributed by atoms with Crippen LogP contribution >= 0.6 is 0 Å². The average molecular weight is 428 g/mol. The third-order valence-corrected chi connectivity index (χ3v) is 4.59. The van der Waals surface area contributed by atoms with Gasteiger partial charge in [0.2, 0.25) is 11.5 Å². The number of nitrogens with zero attached hydrogens (tertiary/aromatic N) is 7. The van der Waals surface area contributed by atoms with Crippen LogP contribution in [0.3, 0.4) is 0 Å². The average Bonchev–Trinajstić information content (AvgIpc) is 3.22. The third kappa shape index (κ3) is 3.62. The molecule has 0 spiro atoms. The first-order chi connectivity index (χ1) is 15.6. The number of aromatic nitrogens is 7. The van der Waals surface area contributed by atoms with Crippen LogP contribution in [0.2, 0.25) is 0 Å². The maximum atomic E-state index is 12.8. The Morgan fingerprint density at radius 1 is 1.06 bits per heavy atom. The van der Waals surface area contributed by atoms with Crippen molar-refractivity contribution in [3.8, 4) is 11.8 Å². The van der Waals surface area contributed by atoms with Gasteiger partial charge in [-0.15, -0.1) is 5.10 Å². The smallest absolute Gasteiger partial charge is 0.275 e. The summed E-state index contributed by atoms with van der Waals surface area (Å²) in [6.07, 6.45) is 4.23. The lowest BCUT2D eigenvalue weighted by Gasteiger charge is -2.10. The van der Waals surface area contributed by atoms with E-state index in [1.807, 2.05) is 25.1 Å². The van der Waals surface area contributed by atoms with Crippen molar-refractivity contribution in [2.45, 2.75) is 6.92 Å². The number of ether oxygens (including phenoxy) is 1. The van der Waals surface area contributed by atoms with Gasteiger partial charge < -0.3 is 14.9 Å². The van der Waals surface area contributed by atoms with E-state index in [0.29, 0.717) is 28.2 Å². The summed E-state index contributed by atoms with van der Waals surface area (Å²) >= 11 is 0. The van der Waals surface area contributed by atoms with Gasteiger partial charge in [0.25, 0.3) is 11.8 Å². The summed E-state index contributed by atoms with van der Waals surface area (Å²) in [6.45, 7) is 1.94. The van der Waals surface area contributed by atoms with Gasteiger partial charge in [-0.3, -0.25) is 4.79 Å². The van der Waals surface area contributed by atoms with Crippen LogP contribution in [-0.2, 0) is 0 Å². The van der Waals surface area contributed by atoms with Crippen LogP contribution in [0.5, 0.6) is 11.8 Å². The highest BCUT2D eigenvalue weighted by Crippen LogP contribution is 2.26. The SMILES string of the molecule is COc1ccc2cc(C)cc(NC(=O)c3cnc(On4nnc5cccnc54)cn3)c2n1. The van der Waals surface area contributed by atoms with Crippen LogP contribution in [0, 0.1) is 6.92 Å². The number of amides is 1. The number of carbonyl (C=O) groups excluding carboxylic acids is 1. The second-order valence-electron chi connectivity index (χ2n) is 6.83. The summed E-state index contributed by atoms with van der Waals surface area (Å²) in [7, 11) is 1.54. The molecule has 4 heterocycles. The lowest BCUT2D eigenvalue weighted by atomic mass is 10.1. The van der Waals surface area contributed by atoms with Gasteiger partial charge in [-0.25, -0.2) is 19.9 Å². The Morgan fingerprint density at radius 3 is 2.78 bits per heavy atom. The van der Waals surface area contributed by atoms with E-state index in [1.54, 1.807) is 24.4 Å². The molecule has 0 aliphatic rings. The molecule has 5 rings (SSSR count). The van der Waals surface area contributed by atoms with Crippen LogP contribution in [0.1, 0.15) is 16.1 Å². The van der Waals surface area contributed by atoms with E-state index in [9.17, 15) is 4.79 Å². The van der Waals surface area contributed by atoms with Gasteiger partial charge in [0.05, 0.1) is 30.7 Å². The number of aryl methyl sites for hydroxylation is 1. The van der Waals surface area contributed by atoms with Gasteiger partial charge in [-0.05, 0) is 48.0 Å². The number of hydrogen-bond acceptors (Lipinski definition) is 9. The summed E-state index contributed by atoms with van der Waals surface area (Å²) in [5, 5.41) is 11.5. The summed E-state index contributed by atoms with van der Waals surface area (Å²) in [4.78, 5) is 36.3. The number of rotatable bonds is 5. The molecule has 0 bridgehead atoms. The molecule has 1 N–H and O–H groups in total. The highest BCUT2D eigenvalue weighted by Gasteiger charge is 2.14. The molecule has 32 heavy (non-hydrogen) atoms. The Kier molecular flexibility index (Phi) is 4.75. The molecule has 1 aromatic carbocycles. The first kappa shape index (κ1) is 19.3. The first-order valence-electron chi connectivity index (χ1n) is 9.54. The molecular weight excluding hydrogens is 412 g/mol. The monoisotopic (exact) mass is 428 g/mol. The predicted molar refractivity (Wildman–Crippen MR) is 114 cm³/mol. The highest BCUT2D eigenvalue weighted by molar-refractivity contribution is 6.07. The summed E-state index contributed by atoms with van der Waals surface area (Å²) in [5.41, 5.74) is 3.25. The fourth-order valence-electron chi connectivity index (χ4n) is 3.14. The van der Waals surface area contributed by atoms with E-state index >= 15 is 0 Å². The number of fused-ring (bicyclic) bond motifs is 2. The predicted octanol–water partition coefficient (Wildman–Crippen LogP) is 2.58. The van der Waals surface area contributed by atoms with Crippen molar-refractivity contribution in [3.63, 3.8) is 0 Å². The van der Waals surface area contributed by atoms with E-state index < -0.39 is 5.91 Å². The maximum Gasteiger partial charge on any atom is 0.275 e. The fraction of sp³-hybridized carbons (Fsp3) is 0.0952. The van der Waals surface area contributed by atoms with Gasteiger partial charge in [0, 0.05) is 17.6 Å². The molecule has 11 nitrogen and oxygen atoms in total. The van der Waals surface area contributed by atoms with Crippen molar-refractivity contribution in [3.05, 3.63) is 66.2 Å². The Hall–Kier alpha value is -4.67. The molecule has 0 aliphatic heterocycles. The Bertz CT molecular complexity index is 1450. The number of anilines is 1. The fourth-order valence-corrected chi connectivity index (χ4v) is 3.14. The zero-order valence-electron chi connectivity index (χ0n) is 17.1. The molecule has 5 aromatic rings. The number of methoxy groups -OCH3 is 1. The van der Waals surface area contributed by atoms with E-state index in [4.69, 9.17) is 9.57 Å². The lowest BCUT2D eigenvalue weighted by molar-refractivity contribution is 0.102. The third-order valence-electron chi connectivity index (χ3n) is 4.59. The zero-order chi connectivity index (χ0) is 22.1. The Morgan fingerprint density at radius 2 is 1.97 bits per heavy atom. The summed E-state index contributed by atoms with van der Waals surface area (Å²) < 4.78 is 5.20. The largest absolute Gasteiger partial charge is 0.481 e. The minimum absolute atomic E-state index is 0.108. The molecule has 1 amide bonds. The summed E-state index contributed by atoms with van der Waals surface area (Å²) in [5.74, 6) is 0.146. The minimum atomic E-state index is -0.437. The topological polar surface area (TPSA) is 130 Å². The highest BCUT2D eigenvalue weighted by atomic mass is 16.7. The molecule has 0 fully saturated rings. The van der Waals surface area contributed by atoms with Gasteiger partial charge in [-0.1, -0.05) is 4.85 Å². The molecule has 0 saturated heterocycles. The van der Waals surface area contributed by atoms with Crippen molar-refractivity contribution in [2.75, 3.05) is 12.4 Å². The van der Waals surface area contributed by atoms with Crippen molar-refractivity contribution in [2.24, 2.45) is 0 Å².